The monoisotopic (exact) mass is 247 g/mol. The Hall–Kier alpha value is -1.88. The van der Waals surface area contributed by atoms with E-state index in [4.69, 9.17) is 0 Å². The number of carbonyl (C=O) groups excluding carboxylic acids is 1. The molecule has 0 aliphatic carbocycles. The van der Waals surface area contributed by atoms with Gasteiger partial charge < -0.3 is 10.4 Å². The number of carbonyl (C=O) groups is 1. The Labute approximate surface area is 106 Å². The molecule has 1 aliphatic heterocycles. The second-order valence-electron chi connectivity index (χ2n) is 4.29. The summed E-state index contributed by atoms with van der Waals surface area (Å²) in [6.07, 6.45) is 5.11. The SMILES string of the molecule is O=C(N/N=C\C1CCCCN1)c1ccccc1O. The smallest absolute Gasteiger partial charge is 0.275 e. The van der Waals surface area contributed by atoms with Crippen molar-refractivity contribution in [2.45, 2.75) is 25.3 Å². The van der Waals surface area contributed by atoms with Gasteiger partial charge in [-0.25, -0.2) is 5.43 Å². The van der Waals surface area contributed by atoms with Crippen LogP contribution in [0, 0.1) is 0 Å². The number of hydrogen-bond donors (Lipinski definition) is 3. The molecule has 1 atom stereocenters. The summed E-state index contributed by atoms with van der Waals surface area (Å²) in [5.41, 5.74) is 2.65. The number of nitrogens with one attached hydrogen (secondary N) is 2. The number of hydrogen-bond acceptors (Lipinski definition) is 4. The van der Waals surface area contributed by atoms with E-state index >= 15 is 0 Å². The molecule has 0 radical (unpaired) electrons. The van der Waals surface area contributed by atoms with Crippen molar-refractivity contribution in [1.82, 2.24) is 10.7 Å². The van der Waals surface area contributed by atoms with Gasteiger partial charge in [0.25, 0.3) is 5.91 Å². The first-order valence-electron chi connectivity index (χ1n) is 6.12. The average Bonchev–Trinajstić information content (AvgIpc) is 2.40. The molecule has 1 heterocycles. The molecule has 1 unspecified atom stereocenters. The lowest BCUT2D eigenvalue weighted by atomic mass is 10.1. The zero-order chi connectivity index (χ0) is 12.8. The van der Waals surface area contributed by atoms with Crippen molar-refractivity contribution in [3.05, 3.63) is 29.8 Å². The summed E-state index contributed by atoms with van der Waals surface area (Å²) in [5.74, 6) is -0.443. The quantitative estimate of drug-likeness (QED) is 0.556. The second kappa shape index (κ2) is 6.16. The van der Waals surface area contributed by atoms with E-state index in [2.05, 4.69) is 15.8 Å². The summed E-state index contributed by atoms with van der Waals surface area (Å²) in [6.45, 7) is 0.990. The minimum atomic E-state index is -0.403. The third-order valence-electron chi connectivity index (χ3n) is 2.92. The maximum absolute atomic E-state index is 11.7. The molecular weight excluding hydrogens is 230 g/mol. The van der Waals surface area contributed by atoms with Gasteiger partial charge in [-0.2, -0.15) is 5.10 Å². The molecule has 1 saturated heterocycles. The van der Waals surface area contributed by atoms with Crippen molar-refractivity contribution in [2.24, 2.45) is 5.10 Å². The number of piperidine rings is 1. The molecule has 5 nitrogen and oxygen atoms in total. The highest BCUT2D eigenvalue weighted by Crippen LogP contribution is 2.14. The van der Waals surface area contributed by atoms with Crippen LogP contribution in [0.5, 0.6) is 5.75 Å². The highest BCUT2D eigenvalue weighted by Gasteiger charge is 2.11. The summed E-state index contributed by atoms with van der Waals surface area (Å²) >= 11 is 0. The van der Waals surface area contributed by atoms with Gasteiger partial charge in [0.1, 0.15) is 5.75 Å². The molecule has 2 rings (SSSR count). The van der Waals surface area contributed by atoms with Gasteiger partial charge in [-0.1, -0.05) is 18.6 Å². The van der Waals surface area contributed by atoms with Gasteiger partial charge in [0.05, 0.1) is 5.56 Å². The second-order valence-corrected chi connectivity index (χ2v) is 4.29. The van der Waals surface area contributed by atoms with E-state index in [1.807, 2.05) is 0 Å². The first kappa shape index (κ1) is 12.6. The number of aromatic hydroxyl groups is 1. The Bertz CT molecular complexity index is 440. The molecule has 5 heteroatoms. The molecule has 0 bridgehead atoms. The van der Waals surface area contributed by atoms with Gasteiger partial charge in [0.15, 0.2) is 0 Å². The molecule has 1 fully saturated rings. The maximum atomic E-state index is 11.7. The van der Waals surface area contributed by atoms with Crippen molar-refractivity contribution in [3.63, 3.8) is 0 Å². The van der Waals surface area contributed by atoms with Crippen molar-refractivity contribution >= 4 is 12.1 Å². The van der Waals surface area contributed by atoms with E-state index in [9.17, 15) is 9.90 Å². The van der Waals surface area contributed by atoms with Crippen LogP contribution in [0.1, 0.15) is 29.6 Å². The molecule has 1 amide bonds. The maximum Gasteiger partial charge on any atom is 0.275 e. The Kier molecular flexibility index (Phi) is 4.30. The van der Waals surface area contributed by atoms with Gasteiger partial charge in [-0.05, 0) is 31.5 Å². The topological polar surface area (TPSA) is 73.7 Å². The van der Waals surface area contributed by atoms with Crippen molar-refractivity contribution in [2.75, 3.05) is 6.54 Å². The molecule has 0 saturated carbocycles. The van der Waals surface area contributed by atoms with Crippen LogP contribution in [0.15, 0.2) is 29.4 Å². The van der Waals surface area contributed by atoms with E-state index < -0.39 is 5.91 Å². The summed E-state index contributed by atoms with van der Waals surface area (Å²) in [6, 6.07) is 6.62. The minimum Gasteiger partial charge on any atom is -0.507 e. The number of phenols is 1. The predicted octanol–water partition coefficient (Wildman–Crippen LogP) is 1.25. The highest BCUT2D eigenvalue weighted by atomic mass is 16.3. The molecule has 18 heavy (non-hydrogen) atoms. The predicted molar refractivity (Wildman–Crippen MR) is 69.7 cm³/mol. The average molecular weight is 247 g/mol. The summed E-state index contributed by atoms with van der Waals surface area (Å²) < 4.78 is 0. The zero-order valence-corrected chi connectivity index (χ0v) is 10.1. The first-order valence-corrected chi connectivity index (χ1v) is 6.12. The largest absolute Gasteiger partial charge is 0.507 e. The lowest BCUT2D eigenvalue weighted by Gasteiger charge is -2.19. The number of rotatable bonds is 3. The lowest BCUT2D eigenvalue weighted by molar-refractivity contribution is 0.0952. The van der Waals surface area contributed by atoms with Gasteiger partial charge >= 0.3 is 0 Å². The number of para-hydroxylation sites is 1. The number of benzene rings is 1. The molecule has 96 valence electrons. The lowest BCUT2D eigenvalue weighted by Crippen LogP contribution is -2.35. The zero-order valence-electron chi connectivity index (χ0n) is 10.1. The Morgan fingerprint density at radius 2 is 2.28 bits per heavy atom. The summed E-state index contributed by atoms with van der Waals surface area (Å²) in [7, 11) is 0. The number of phenolic OH excluding ortho intramolecular Hbond substituents is 1. The van der Waals surface area contributed by atoms with E-state index in [0.717, 1.165) is 13.0 Å². The van der Waals surface area contributed by atoms with Crippen LogP contribution in [-0.2, 0) is 0 Å². The van der Waals surface area contributed by atoms with Crippen LogP contribution in [0.3, 0.4) is 0 Å². The van der Waals surface area contributed by atoms with Crippen LogP contribution >= 0.6 is 0 Å². The fraction of sp³-hybridized carbons (Fsp3) is 0.385. The third-order valence-corrected chi connectivity index (χ3v) is 2.92. The molecule has 1 aromatic carbocycles. The van der Waals surface area contributed by atoms with E-state index in [0.29, 0.717) is 0 Å². The van der Waals surface area contributed by atoms with Gasteiger partial charge in [0, 0.05) is 12.3 Å². The molecule has 1 aliphatic rings. The molecule has 0 aromatic heterocycles. The fourth-order valence-corrected chi connectivity index (χ4v) is 1.92. The van der Waals surface area contributed by atoms with Crippen LogP contribution in [0.25, 0.3) is 0 Å². The molecule has 3 N–H and O–H groups in total. The molecule has 1 aromatic rings. The van der Waals surface area contributed by atoms with Gasteiger partial charge in [-0.3, -0.25) is 4.79 Å². The molecule has 0 spiro atoms. The Balaban J connectivity index is 1.88. The van der Waals surface area contributed by atoms with E-state index in [-0.39, 0.29) is 17.4 Å². The van der Waals surface area contributed by atoms with E-state index in [1.54, 1.807) is 24.4 Å². The van der Waals surface area contributed by atoms with Crippen molar-refractivity contribution in [1.29, 1.82) is 0 Å². The van der Waals surface area contributed by atoms with Crippen LogP contribution in [0.2, 0.25) is 0 Å². The fourth-order valence-electron chi connectivity index (χ4n) is 1.92. The van der Waals surface area contributed by atoms with Crippen molar-refractivity contribution in [3.8, 4) is 5.75 Å². The summed E-state index contributed by atoms with van der Waals surface area (Å²) in [4.78, 5) is 11.7. The van der Waals surface area contributed by atoms with Crippen LogP contribution in [0.4, 0.5) is 0 Å². The minimum absolute atomic E-state index is 0.0407. The number of hydrazone groups is 1. The third kappa shape index (κ3) is 3.30. The number of nitrogens with zero attached hydrogens (tertiary/aromatic N) is 1. The van der Waals surface area contributed by atoms with Crippen LogP contribution in [-0.4, -0.2) is 29.8 Å². The standard InChI is InChI=1S/C13H17N3O2/c17-12-7-2-1-6-11(12)13(18)16-15-9-10-5-3-4-8-14-10/h1-2,6-7,9-10,14,17H,3-5,8H2,(H,16,18)/b15-9-. The number of amides is 1. The van der Waals surface area contributed by atoms with Gasteiger partial charge in [-0.15, -0.1) is 0 Å². The van der Waals surface area contributed by atoms with Crippen molar-refractivity contribution < 1.29 is 9.90 Å². The summed E-state index contributed by atoms with van der Waals surface area (Å²) in [5, 5.41) is 16.7. The van der Waals surface area contributed by atoms with Gasteiger partial charge in [0.2, 0.25) is 0 Å². The highest BCUT2D eigenvalue weighted by molar-refractivity contribution is 5.96. The molecular formula is C13H17N3O2. The van der Waals surface area contributed by atoms with Crippen LogP contribution < -0.4 is 10.7 Å². The Morgan fingerprint density at radius 3 is 3.00 bits per heavy atom. The van der Waals surface area contributed by atoms with E-state index in [1.165, 1.54) is 18.9 Å². The normalized spacial score (nSPS) is 19.9. The Morgan fingerprint density at radius 1 is 1.44 bits per heavy atom. The first-order chi connectivity index (χ1) is 8.77.